The molecule has 0 aliphatic carbocycles. The highest BCUT2D eigenvalue weighted by Crippen LogP contribution is 2.41. The molecular weight excluding hydrogens is 461 g/mol. The van der Waals surface area contributed by atoms with Crippen molar-refractivity contribution in [1.82, 2.24) is 15.8 Å². The van der Waals surface area contributed by atoms with Crippen molar-refractivity contribution in [2.45, 2.75) is 31.2 Å². The van der Waals surface area contributed by atoms with Gasteiger partial charge in [0.25, 0.3) is 11.8 Å². The first kappa shape index (κ1) is 22.9. The molecule has 4 rings (SSSR count). The lowest BCUT2D eigenvalue weighted by molar-refractivity contribution is -0.161. The zero-order chi connectivity index (χ0) is 23.9. The number of nitrogens with zero attached hydrogens (tertiary/aromatic N) is 1. The molecule has 1 saturated heterocycles. The van der Waals surface area contributed by atoms with Gasteiger partial charge >= 0.3 is 6.18 Å². The first-order valence-electron chi connectivity index (χ1n) is 9.95. The molecule has 2 aliphatic rings. The maximum Gasteiger partial charge on any atom is 0.406 e. The van der Waals surface area contributed by atoms with E-state index in [1.54, 1.807) is 30.3 Å². The molecule has 2 amide bonds. The summed E-state index contributed by atoms with van der Waals surface area (Å²) in [5.74, 6) is -2.39. The van der Waals surface area contributed by atoms with Gasteiger partial charge in [-0.05, 0) is 24.6 Å². The lowest BCUT2D eigenvalue weighted by Crippen LogP contribution is -2.56. The summed E-state index contributed by atoms with van der Waals surface area (Å²) in [6.45, 7) is 1.48. The molecule has 0 spiro atoms. The van der Waals surface area contributed by atoms with Crippen LogP contribution < -0.4 is 20.8 Å². The van der Waals surface area contributed by atoms with Crippen LogP contribution in [0, 0.1) is 0 Å². The Balaban J connectivity index is 1.65. The second-order valence-corrected chi connectivity index (χ2v) is 8.12. The van der Waals surface area contributed by atoms with Gasteiger partial charge in [0.2, 0.25) is 0 Å². The fourth-order valence-corrected chi connectivity index (χ4v) is 4.33. The van der Waals surface area contributed by atoms with Gasteiger partial charge in [0.05, 0.1) is 13.0 Å². The van der Waals surface area contributed by atoms with Gasteiger partial charge in [0.15, 0.2) is 0 Å². The number of methoxy groups -OCH3 is 1. The van der Waals surface area contributed by atoms with Gasteiger partial charge in [0.1, 0.15) is 23.5 Å². The van der Waals surface area contributed by atoms with Crippen molar-refractivity contribution in [1.29, 1.82) is 0 Å². The molecule has 0 saturated carbocycles. The van der Waals surface area contributed by atoms with Crippen LogP contribution >= 0.6 is 11.6 Å². The molecule has 7 nitrogen and oxygen atoms in total. The highest BCUT2D eigenvalue weighted by Gasteiger charge is 2.58. The number of alkyl halides is 3. The Hall–Kier alpha value is -3.24. The standard InChI is InChI=1S/C22H20ClF3N4O3/c1-11-16(20(31)28-14-8-13(23)9-15(10-14)33-2)21(32)30-19(27-11)17(12-6-4-3-5-7-12)18(29-30)22(24,25)26/h3-10,17-19,27,29H,1-2H3,(H,28,31). The third-order valence-corrected chi connectivity index (χ3v) is 5.77. The maximum absolute atomic E-state index is 13.9. The molecule has 11 heteroatoms. The predicted molar refractivity (Wildman–Crippen MR) is 115 cm³/mol. The van der Waals surface area contributed by atoms with Gasteiger partial charge < -0.3 is 15.4 Å². The first-order chi connectivity index (χ1) is 15.6. The number of fused-ring (bicyclic) bond motifs is 1. The zero-order valence-electron chi connectivity index (χ0n) is 17.5. The molecular formula is C22H20ClF3N4O3. The third kappa shape index (κ3) is 4.36. The number of benzene rings is 2. The van der Waals surface area contributed by atoms with E-state index in [-0.39, 0.29) is 17.0 Å². The summed E-state index contributed by atoms with van der Waals surface area (Å²) in [6, 6.07) is 10.6. The van der Waals surface area contributed by atoms with E-state index in [1.807, 2.05) is 0 Å². The number of hydrogen-bond acceptors (Lipinski definition) is 5. The first-order valence-corrected chi connectivity index (χ1v) is 10.3. The van der Waals surface area contributed by atoms with Gasteiger partial charge in [-0.2, -0.15) is 13.2 Å². The van der Waals surface area contributed by atoms with Gasteiger partial charge in [-0.1, -0.05) is 41.9 Å². The molecule has 1 fully saturated rings. The van der Waals surface area contributed by atoms with Crippen molar-refractivity contribution in [3.8, 4) is 5.75 Å². The number of carbonyl (C=O) groups is 2. The molecule has 3 unspecified atom stereocenters. The van der Waals surface area contributed by atoms with Crippen molar-refractivity contribution < 1.29 is 27.5 Å². The van der Waals surface area contributed by atoms with E-state index in [2.05, 4.69) is 16.1 Å². The average Bonchev–Trinajstić information content (AvgIpc) is 3.14. The summed E-state index contributed by atoms with van der Waals surface area (Å²) in [4.78, 5) is 26.1. The largest absolute Gasteiger partial charge is 0.497 e. The average molecular weight is 481 g/mol. The number of halogens is 4. The maximum atomic E-state index is 13.9. The summed E-state index contributed by atoms with van der Waals surface area (Å²) >= 11 is 6.01. The SMILES string of the molecule is COc1cc(Cl)cc(NC(=O)C2=C(C)NC3C(c4ccccc4)C(C(F)(F)F)NN3C2=O)c1. The van der Waals surface area contributed by atoms with Crippen molar-refractivity contribution >= 4 is 29.1 Å². The van der Waals surface area contributed by atoms with Crippen molar-refractivity contribution in [2.24, 2.45) is 0 Å². The lowest BCUT2D eigenvalue weighted by Gasteiger charge is -2.34. The number of hydrogen-bond donors (Lipinski definition) is 3. The van der Waals surface area contributed by atoms with E-state index in [1.165, 1.54) is 32.2 Å². The van der Waals surface area contributed by atoms with Crippen molar-refractivity contribution in [3.63, 3.8) is 0 Å². The number of anilines is 1. The smallest absolute Gasteiger partial charge is 0.406 e. The van der Waals surface area contributed by atoms with Crippen LogP contribution in [0.4, 0.5) is 18.9 Å². The molecule has 33 heavy (non-hydrogen) atoms. The van der Waals surface area contributed by atoms with Crippen LogP contribution in [0.1, 0.15) is 18.4 Å². The second-order valence-electron chi connectivity index (χ2n) is 7.68. The van der Waals surface area contributed by atoms with E-state index < -0.39 is 36.1 Å². The van der Waals surface area contributed by atoms with Crippen LogP contribution in [0.3, 0.4) is 0 Å². The normalized spacial score (nSPS) is 22.7. The minimum absolute atomic E-state index is 0.165. The summed E-state index contributed by atoms with van der Waals surface area (Å²) in [5, 5.41) is 6.61. The van der Waals surface area contributed by atoms with E-state index in [9.17, 15) is 22.8 Å². The molecule has 3 atom stereocenters. The zero-order valence-corrected chi connectivity index (χ0v) is 18.3. The lowest BCUT2D eigenvalue weighted by atomic mass is 9.89. The Labute approximate surface area is 192 Å². The molecule has 0 radical (unpaired) electrons. The van der Waals surface area contributed by atoms with Gasteiger partial charge in [-0.15, -0.1) is 0 Å². The highest BCUT2D eigenvalue weighted by molar-refractivity contribution is 6.31. The third-order valence-electron chi connectivity index (χ3n) is 5.56. The van der Waals surface area contributed by atoms with Crippen LogP contribution in [0.2, 0.25) is 5.02 Å². The van der Waals surface area contributed by atoms with Crippen LogP contribution in [0.25, 0.3) is 0 Å². The van der Waals surface area contributed by atoms with E-state index >= 15 is 0 Å². The van der Waals surface area contributed by atoms with Crippen LogP contribution in [-0.2, 0) is 9.59 Å². The molecule has 0 bridgehead atoms. The number of ether oxygens (including phenoxy) is 1. The number of hydrazine groups is 1. The summed E-state index contributed by atoms with van der Waals surface area (Å²) in [6.07, 6.45) is -5.66. The van der Waals surface area contributed by atoms with Gasteiger partial charge in [0, 0.05) is 22.5 Å². The van der Waals surface area contributed by atoms with Gasteiger partial charge in [-0.3, -0.25) is 9.59 Å². The molecule has 3 N–H and O–H groups in total. The number of rotatable bonds is 4. The topological polar surface area (TPSA) is 82.7 Å². The summed E-state index contributed by atoms with van der Waals surface area (Å²) in [5.41, 5.74) is 2.80. The molecule has 2 aromatic carbocycles. The minimum atomic E-state index is -4.63. The number of nitrogens with one attached hydrogen (secondary N) is 3. The minimum Gasteiger partial charge on any atom is -0.497 e. The number of amides is 2. The van der Waals surface area contributed by atoms with E-state index in [0.717, 1.165) is 5.01 Å². The Morgan fingerprint density at radius 1 is 1.18 bits per heavy atom. The monoisotopic (exact) mass is 480 g/mol. The summed E-state index contributed by atoms with van der Waals surface area (Å²) < 4.78 is 46.7. The number of carbonyl (C=O) groups excluding carboxylic acids is 2. The van der Waals surface area contributed by atoms with E-state index in [4.69, 9.17) is 16.3 Å². The number of allylic oxidation sites excluding steroid dienone is 1. The van der Waals surface area contributed by atoms with E-state index in [0.29, 0.717) is 16.3 Å². The van der Waals surface area contributed by atoms with Crippen LogP contribution in [0.5, 0.6) is 5.75 Å². The molecule has 0 aromatic heterocycles. The van der Waals surface area contributed by atoms with Gasteiger partial charge in [-0.25, -0.2) is 10.4 Å². The second kappa shape index (κ2) is 8.60. The highest BCUT2D eigenvalue weighted by atomic mass is 35.5. The fraction of sp³-hybridized carbons (Fsp3) is 0.273. The Bertz CT molecular complexity index is 1120. The van der Waals surface area contributed by atoms with Crippen molar-refractivity contribution in [3.05, 3.63) is 70.4 Å². The Morgan fingerprint density at radius 3 is 2.52 bits per heavy atom. The Kier molecular flexibility index (Phi) is 5.98. The quantitative estimate of drug-likeness (QED) is 0.583. The summed E-state index contributed by atoms with van der Waals surface area (Å²) in [7, 11) is 1.43. The predicted octanol–water partition coefficient (Wildman–Crippen LogP) is 3.55. The molecule has 2 aromatic rings. The molecule has 2 heterocycles. The van der Waals surface area contributed by atoms with Crippen molar-refractivity contribution in [2.75, 3.05) is 12.4 Å². The van der Waals surface area contributed by atoms with Crippen LogP contribution in [-0.4, -0.2) is 42.3 Å². The Morgan fingerprint density at radius 2 is 1.88 bits per heavy atom. The fourth-order valence-electron chi connectivity index (χ4n) is 4.11. The molecule has 2 aliphatic heterocycles. The molecule has 174 valence electrons. The van der Waals surface area contributed by atoms with Crippen LogP contribution in [0.15, 0.2) is 59.8 Å².